The number of urea groups is 1. The second-order valence-electron chi connectivity index (χ2n) is 6.64. The van der Waals surface area contributed by atoms with E-state index in [0.717, 1.165) is 24.2 Å². The van der Waals surface area contributed by atoms with E-state index in [1.165, 1.54) is 0 Å². The van der Waals surface area contributed by atoms with Crippen LogP contribution in [-0.2, 0) is 16.1 Å². The van der Waals surface area contributed by atoms with Crippen molar-refractivity contribution in [3.63, 3.8) is 0 Å². The number of anilines is 1. The highest BCUT2D eigenvalue weighted by atomic mass is 16.5. The van der Waals surface area contributed by atoms with Crippen LogP contribution in [0.3, 0.4) is 0 Å². The van der Waals surface area contributed by atoms with Gasteiger partial charge in [-0.3, -0.25) is 4.79 Å². The van der Waals surface area contributed by atoms with Crippen molar-refractivity contribution in [2.24, 2.45) is 0 Å². The van der Waals surface area contributed by atoms with Gasteiger partial charge in [0, 0.05) is 38.3 Å². The molecule has 2 aliphatic rings. The molecular weight excluding hydrogens is 306 g/mol. The topological polar surface area (TPSA) is 61.9 Å². The van der Waals surface area contributed by atoms with Crippen LogP contribution in [0.5, 0.6) is 0 Å². The van der Waals surface area contributed by atoms with E-state index in [0.29, 0.717) is 26.1 Å². The Kier molecular flexibility index (Phi) is 5.04. The first-order valence-corrected chi connectivity index (χ1v) is 8.60. The van der Waals surface area contributed by atoms with Gasteiger partial charge in [-0.15, -0.1) is 0 Å². The first kappa shape index (κ1) is 16.8. The maximum atomic E-state index is 12.4. The van der Waals surface area contributed by atoms with Gasteiger partial charge in [-0.1, -0.05) is 12.1 Å². The van der Waals surface area contributed by atoms with E-state index in [1.807, 2.05) is 43.0 Å². The van der Waals surface area contributed by atoms with Crippen LogP contribution in [0.25, 0.3) is 0 Å². The first-order chi connectivity index (χ1) is 11.5. The number of ether oxygens (including phenoxy) is 1. The highest BCUT2D eigenvalue weighted by Crippen LogP contribution is 2.22. The number of carbonyl (C=O) groups excluding carboxylic acids is 2. The van der Waals surface area contributed by atoms with Gasteiger partial charge in [0.15, 0.2) is 0 Å². The summed E-state index contributed by atoms with van der Waals surface area (Å²) in [5.74, 6) is 0.174. The minimum Gasteiger partial charge on any atom is -0.372 e. The molecule has 3 rings (SSSR count). The number of amides is 3. The summed E-state index contributed by atoms with van der Waals surface area (Å²) in [7, 11) is 0. The Morgan fingerprint density at radius 1 is 1.29 bits per heavy atom. The molecule has 2 atom stereocenters. The van der Waals surface area contributed by atoms with Crippen molar-refractivity contribution < 1.29 is 14.3 Å². The summed E-state index contributed by atoms with van der Waals surface area (Å²) < 4.78 is 5.65. The molecule has 1 N–H and O–H groups in total. The molecule has 0 aromatic heterocycles. The van der Waals surface area contributed by atoms with Gasteiger partial charge in [-0.2, -0.15) is 0 Å². The van der Waals surface area contributed by atoms with Crippen molar-refractivity contribution in [2.75, 3.05) is 24.5 Å². The van der Waals surface area contributed by atoms with Gasteiger partial charge >= 0.3 is 6.03 Å². The monoisotopic (exact) mass is 331 g/mol. The molecule has 1 aromatic carbocycles. The predicted molar refractivity (Wildman–Crippen MR) is 91.8 cm³/mol. The maximum absolute atomic E-state index is 12.4. The standard InChI is InChI=1S/C18H25N3O3/c1-13-11-20(12-14(2)24-13)18(23)19-10-15-5-3-6-16(9-15)21-8-4-7-17(21)22/h3,5-6,9,13-14H,4,7-8,10-12H2,1-2H3,(H,19,23)/t13-,14-/m0/s1. The highest BCUT2D eigenvalue weighted by molar-refractivity contribution is 5.95. The molecule has 3 amide bonds. The third-order valence-corrected chi connectivity index (χ3v) is 4.45. The van der Waals surface area contributed by atoms with Crippen molar-refractivity contribution in [1.29, 1.82) is 0 Å². The number of morpholine rings is 1. The molecule has 1 aromatic rings. The van der Waals surface area contributed by atoms with Gasteiger partial charge < -0.3 is 19.9 Å². The Morgan fingerprint density at radius 2 is 2.04 bits per heavy atom. The third-order valence-electron chi connectivity index (χ3n) is 4.45. The van der Waals surface area contributed by atoms with E-state index < -0.39 is 0 Å². The van der Waals surface area contributed by atoms with E-state index in [2.05, 4.69) is 5.32 Å². The average Bonchev–Trinajstić information content (AvgIpc) is 2.98. The number of hydrogen-bond donors (Lipinski definition) is 1. The lowest BCUT2D eigenvalue weighted by atomic mass is 10.2. The van der Waals surface area contributed by atoms with Crippen molar-refractivity contribution in [3.8, 4) is 0 Å². The third kappa shape index (κ3) is 3.87. The van der Waals surface area contributed by atoms with Gasteiger partial charge in [0.05, 0.1) is 12.2 Å². The molecule has 2 saturated heterocycles. The van der Waals surface area contributed by atoms with E-state index in [4.69, 9.17) is 4.74 Å². The zero-order chi connectivity index (χ0) is 17.1. The number of hydrogen-bond acceptors (Lipinski definition) is 3. The average molecular weight is 331 g/mol. The molecule has 2 fully saturated rings. The van der Waals surface area contributed by atoms with Crippen LogP contribution in [0, 0.1) is 0 Å². The molecule has 6 heteroatoms. The number of nitrogens with one attached hydrogen (secondary N) is 1. The van der Waals surface area contributed by atoms with Crippen molar-refractivity contribution >= 4 is 17.6 Å². The minimum absolute atomic E-state index is 0.0593. The molecule has 130 valence electrons. The summed E-state index contributed by atoms with van der Waals surface area (Å²) in [6.45, 7) is 6.41. The number of nitrogens with zero attached hydrogens (tertiary/aromatic N) is 2. The Labute approximate surface area is 142 Å². The van der Waals surface area contributed by atoms with Crippen LogP contribution in [0.4, 0.5) is 10.5 Å². The second kappa shape index (κ2) is 7.21. The van der Waals surface area contributed by atoms with Gasteiger partial charge in [0.1, 0.15) is 0 Å². The van der Waals surface area contributed by atoms with Gasteiger partial charge in [-0.25, -0.2) is 4.79 Å². The maximum Gasteiger partial charge on any atom is 0.317 e. The zero-order valence-corrected chi connectivity index (χ0v) is 14.3. The fourth-order valence-electron chi connectivity index (χ4n) is 3.39. The Balaban J connectivity index is 1.58. The molecule has 6 nitrogen and oxygen atoms in total. The van der Waals surface area contributed by atoms with E-state index in [-0.39, 0.29) is 24.1 Å². The van der Waals surface area contributed by atoms with Crippen LogP contribution < -0.4 is 10.2 Å². The van der Waals surface area contributed by atoms with Gasteiger partial charge in [-0.05, 0) is 38.0 Å². The molecule has 0 unspecified atom stereocenters. The van der Waals surface area contributed by atoms with Crippen molar-refractivity contribution in [3.05, 3.63) is 29.8 Å². The Hall–Kier alpha value is -2.08. The Morgan fingerprint density at radius 3 is 2.71 bits per heavy atom. The lowest BCUT2D eigenvalue weighted by Crippen LogP contribution is -2.51. The SMILES string of the molecule is C[C@H]1CN(C(=O)NCc2cccc(N3CCCC3=O)c2)C[C@H](C)O1. The van der Waals surface area contributed by atoms with Gasteiger partial charge in [0.2, 0.25) is 5.91 Å². The van der Waals surface area contributed by atoms with Crippen molar-refractivity contribution in [2.45, 2.75) is 45.4 Å². The van der Waals surface area contributed by atoms with Crippen LogP contribution in [0.1, 0.15) is 32.3 Å². The molecule has 24 heavy (non-hydrogen) atoms. The first-order valence-electron chi connectivity index (χ1n) is 8.60. The van der Waals surface area contributed by atoms with Crippen LogP contribution >= 0.6 is 0 Å². The lowest BCUT2D eigenvalue weighted by Gasteiger charge is -2.35. The summed E-state index contributed by atoms with van der Waals surface area (Å²) in [6, 6.07) is 7.75. The minimum atomic E-state index is -0.0698. The normalized spacial score (nSPS) is 24.3. The highest BCUT2D eigenvalue weighted by Gasteiger charge is 2.26. The molecule has 0 spiro atoms. The molecule has 2 heterocycles. The summed E-state index contributed by atoms with van der Waals surface area (Å²) >= 11 is 0. The number of benzene rings is 1. The molecular formula is C18H25N3O3. The van der Waals surface area contributed by atoms with Gasteiger partial charge in [0.25, 0.3) is 0 Å². The molecule has 0 saturated carbocycles. The predicted octanol–water partition coefficient (Wildman–Crippen LogP) is 2.13. The summed E-state index contributed by atoms with van der Waals surface area (Å²) in [4.78, 5) is 27.8. The molecule has 0 bridgehead atoms. The van der Waals surface area contributed by atoms with E-state index in [1.54, 1.807) is 4.90 Å². The summed E-state index contributed by atoms with van der Waals surface area (Å²) in [6.07, 6.45) is 1.65. The Bertz CT molecular complexity index is 609. The number of carbonyl (C=O) groups is 2. The smallest absolute Gasteiger partial charge is 0.317 e. The molecule has 0 aliphatic carbocycles. The van der Waals surface area contributed by atoms with Crippen LogP contribution in [0.2, 0.25) is 0 Å². The van der Waals surface area contributed by atoms with E-state index in [9.17, 15) is 9.59 Å². The van der Waals surface area contributed by atoms with Crippen LogP contribution in [0.15, 0.2) is 24.3 Å². The van der Waals surface area contributed by atoms with Crippen molar-refractivity contribution in [1.82, 2.24) is 10.2 Å². The second-order valence-corrected chi connectivity index (χ2v) is 6.64. The largest absolute Gasteiger partial charge is 0.372 e. The quantitative estimate of drug-likeness (QED) is 0.923. The molecule has 0 radical (unpaired) electrons. The molecule has 2 aliphatic heterocycles. The zero-order valence-electron chi connectivity index (χ0n) is 14.3. The number of rotatable bonds is 3. The summed E-state index contributed by atoms with van der Waals surface area (Å²) in [5, 5.41) is 2.97. The lowest BCUT2D eigenvalue weighted by molar-refractivity contribution is -0.117. The van der Waals surface area contributed by atoms with Crippen LogP contribution in [-0.4, -0.2) is 48.7 Å². The fraction of sp³-hybridized carbons (Fsp3) is 0.556. The van der Waals surface area contributed by atoms with E-state index >= 15 is 0 Å². The fourth-order valence-corrected chi connectivity index (χ4v) is 3.39. The summed E-state index contributed by atoms with van der Waals surface area (Å²) in [5.41, 5.74) is 1.91.